The molecule has 0 radical (unpaired) electrons. The summed E-state index contributed by atoms with van der Waals surface area (Å²) >= 11 is 14.7. The number of hydrogen-bond donors (Lipinski definition) is 0. The van der Waals surface area contributed by atoms with Crippen LogP contribution in [0.4, 0.5) is 0 Å². The van der Waals surface area contributed by atoms with Crippen molar-refractivity contribution in [3.63, 3.8) is 0 Å². The van der Waals surface area contributed by atoms with Crippen LogP contribution in [0, 0.1) is 0 Å². The lowest BCUT2D eigenvalue weighted by molar-refractivity contribution is 1.29. The van der Waals surface area contributed by atoms with Crippen molar-refractivity contribution in [2.24, 2.45) is 0 Å². The highest BCUT2D eigenvalue weighted by atomic mass is 35.5. The third-order valence-electron chi connectivity index (χ3n) is 2.01. The molecule has 1 heterocycles. The van der Waals surface area contributed by atoms with Crippen LogP contribution in [0.1, 0.15) is 6.92 Å². The summed E-state index contributed by atoms with van der Waals surface area (Å²) in [6.45, 7) is 1.93. The highest BCUT2D eigenvalue weighted by Crippen LogP contribution is 2.31. The molecule has 16 heavy (non-hydrogen) atoms. The summed E-state index contributed by atoms with van der Waals surface area (Å²) in [6.07, 6.45) is 0. The van der Waals surface area contributed by atoms with E-state index < -0.39 is 0 Å². The number of halogens is 2. The number of nitrogens with zero attached hydrogens (tertiary/aromatic N) is 1. The SMILES string of the molecule is CC(CSc1nc2ccccc2s1)=C(Cl)Cl. The van der Waals surface area contributed by atoms with Gasteiger partial charge in [0.15, 0.2) is 4.34 Å². The van der Waals surface area contributed by atoms with Gasteiger partial charge in [-0.1, -0.05) is 47.1 Å². The minimum absolute atomic E-state index is 0.355. The second kappa shape index (κ2) is 5.41. The molecule has 0 unspecified atom stereocenters. The van der Waals surface area contributed by atoms with Crippen molar-refractivity contribution in [1.82, 2.24) is 4.98 Å². The average Bonchev–Trinajstić information content (AvgIpc) is 2.68. The minimum atomic E-state index is 0.355. The number of benzene rings is 1. The fraction of sp³-hybridized carbons (Fsp3) is 0.182. The minimum Gasteiger partial charge on any atom is -0.230 e. The first-order valence-corrected chi connectivity index (χ1v) is 7.22. The Morgan fingerprint density at radius 1 is 1.38 bits per heavy atom. The molecule has 0 saturated carbocycles. The highest BCUT2D eigenvalue weighted by molar-refractivity contribution is 8.01. The molecule has 2 aromatic rings. The van der Waals surface area contributed by atoms with Crippen molar-refractivity contribution in [3.05, 3.63) is 34.3 Å². The van der Waals surface area contributed by atoms with E-state index in [1.165, 1.54) is 4.70 Å². The maximum Gasteiger partial charge on any atom is 0.151 e. The molecule has 1 nitrogen and oxygen atoms in total. The van der Waals surface area contributed by atoms with Crippen molar-refractivity contribution in [3.8, 4) is 0 Å². The number of thiazole rings is 1. The highest BCUT2D eigenvalue weighted by Gasteiger charge is 2.04. The lowest BCUT2D eigenvalue weighted by Crippen LogP contribution is -1.81. The molecule has 1 aromatic carbocycles. The van der Waals surface area contributed by atoms with Crippen molar-refractivity contribution in [1.29, 1.82) is 0 Å². The number of fused-ring (bicyclic) bond motifs is 1. The second-order valence-electron chi connectivity index (χ2n) is 3.28. The van der Waals surface area contributed by atoms with Crippen LogP contribution >= 0.6 is 46.3 Å². The molecule has 2 rings (SSSR count). The summed E-state index contributed by atoms with van der Waals surface area (Å²) in [5, 5.41) is 0. The van der Waals surface area contributed by atoms with Crippen molar-refractivity contribution in [2.75, 3.05) is 5.75 Å². The van der Waals surface area contributed by atoms with Crippen LogP contribution < -0.4 is 0 Å². The Balaban J connectivity index is 2.13. The molecule has 5 heteroatoms. The molecule has 0 bridgehead atoms. The van der Waals surface area contributed by atoms with Gasteiger partial charge in [0, 0.05) is 5.75 Å². The molecule has 0 saturated heterocycles. The van der Waals surface area contributed by atoms with E-state index in [9.17, 15) is 0 Å². The standard InChI is InChI=1S/C11H9Cl2NS2/c1-7(10(12)13)6-15-11-14-8-4-2-3-5-9(8)16-11/h2-5H,6H2,1H3. The molecular weight excluding hydrogens is 281 g/mol. The Labute approximate surface area is 112 Å². The van der Waals surface area contributed by atoms with Gasteiger partial charge in [-0.25, -0.2) is 4.98 Å². The monoisotopic (exact) mass is 289 g/mol. The number of para-hydroxylation sites is 1. The number of hydrogen-bond acceptors (Lipinski definition) is 3. The van der Waals surface area contributed by atoms with Crippen molar-refractivity contribution >= 4 is 56.5 Å². The summed E-state index contributed by atoms with van der Waals surface area (Å²) in [5.41, 5.74) is 2.03. The van der Waals surface area contributed by atoms with Crippen LogP contribution in [0.15, 0.2) is 38.7 Å². The van der Waals surface area contributed by atoms with E-state index in [1.807, 2.05) is 25.1 Å². The Kier molecular flexibility index (Phi) is 4.14. The van der Waals surface area contributed by atoms with Crippen LogP contribution in [0.3, 0.4) is 0 Å². The van der Waals surface area contributed by atoms with E-state index in [2.05, 4.69) is 11.1 Å². The summed E-state index contributed by atoms with van der Waals surface area (Å²) in [7, 11) is 0. The number of thioether (sulfide) groups is 1. The van der Waals surface area contributed by atoms with E-state index in [1.54, 1.807) is 23.1 Å². The van der Waals surface area contributed by atoms with Crippen LogP contribution in [-0.4, -0.2) is 10.7 Å². The van der Waals surface area contributed by atoms with Crippen LogP contribution in [0.5, 0.6) is 0 Å². The Morgan fingerprint density at radius 2 is 2.12 bits per heavy atom. The van der Waals surface area contributed by atoms with Gasteiger partial charge in [-0.05, 0) is 24.6 Å². The summed E-state index contributed by atoms with van der Waals surface area (Å²) < 4.78 is 2.62. The summed E-state index contributed by atoms with van der Waals surface area (Å²) in [5.74, 6) is 0.780. The fourth-order valence-corrected chi connectivity index (χ4v) is 3.46. The largest absolute Gasteiger partial charge is 0.230 e. The molecule has 0 aliphatic heterocycles. The smallest absolute Gasteiger partial charge is 0.151 e. The molecular formula is C11H9Cl2NS2. The third kappa shape index (κ3) is 2.92. The second-order valence-corrected chi connectivity index (χ2v) is 6.48. The molecule has 0 aliphatic rings. The Hall–Kier alpha value is -0.220. The molecule has 0 N–H and O–H groups in total. The van der Waals surface area contributed by atoms with Crippen LogP contribution in [0.2, 0.25) is 0 Å². The fourth-order valence-electron chi connectivity index (χ4n) is 1.14. The molecule has 0 spiro atoms. The van der Waals surface area contributed by atoms with Gasteiger partial charge < -0.3 is 0 Å². The number of aromatic nitrogens is 1. The topological polar surface area (TPSA) is 12.9 Å². The zero-order valence-electron chi connectivity index (χ0n) is 8.54. The third-order valence-corrected chi connectivity index (χ3v) is 5.00. The predicted molar refractivity (Wildman–Crippen MR) is 74.8 cm³/mol. The molecule has 84 valence electrons. The van der Waals surface area contributed by atoms with Gasteiger partial charge in [0.25, 0.3) is 0 Å². The zero-order valence-corrected chi connectivity index (χ0v) is 11.7. The van der Waals surface area contributed by atoms with Gasteiger partial charge in [0.1, 0.15) is 4.49 Å². The lowest BCUT2D eigenvalue weighted by atomic mass is 10.3. The first kappa shape index (κ1) is 12.2. The van der Waals surface area contributed by atoms with Gasteiger partial charge in [-0.2, -0.15) is 0 Å². The quantitative estimate of drug-likeness (QED) is 0.730. The van der Waals surface area contributed by atoms with Crippen molar-refractivity contribution < 1.29 is 0 Å². The van der Waals surface area contributed by atoms with E-state index in [-0.39, 0.29) is 0 Å². The first-order valence-electron chi connectivity index (χ1n) is 4.66. The van der Waals surface area contributed by atoms with Crippen LogP contribution in [0.25, 0.3) is 10.2 Å². The first-order chi connectivity index (χ1) is 7.66. The Bertz CT molecular complexity index is 497. The average molecular weight is 290 g/mol. The Morgan fingerprint density at radius 3 is 2.81 bits per heavy atom. The maximum atomic E-state index is 5.69. The summed E-state index contributed by atoms with van der Waals surface area (Å²) in [6, 6.07) is 8.12. The zero-order chi connectivity index (χ0) is 11.5. The van der Waals surface area contributed by atoms with Gasteiger partial charge in [-0.3, -0.25) is 0 Å². The molecule has 0 amide bonds. The van der Waals surface area contributed by atoms with E-state index >= 15 is 0 Å². The molecule has 0 aliphatic carbocycles. The van der Waals surface area contributed by atoms with E-state index in [4.69, 9.17) is 23.2 Å². The lowest BCUT2D eigenvalue weighted by Gasteiger charge is -1.97. The molecule has 0 atom stereocenters. The van der Waals surface area contributed by atoms with Gasteiger partial charge >= 0.3 is 0 Å². The van der Waals surface area contributed by atoms with Gasteiger partial charge in [0.2, 0.25) is 0 Å². The number of rotatable bonds is 3. The van der Waals surface area contributed by atoms with Crippen molar-refractivity contribution in [2.45, 2.75) is 11.3 Å². The van der Waals surface area contributed by atoms with Crippen LogP contribution in [-0.2, 0) is 0 Å². The molecule has 0 fully saturated rings. The van der Waals surface area contributed by atoms with E-state index in [0.29, 0.717) is 4.49 Å². The van der Waals surface area contributed by atoms with E-state index in [0.717, 1.165) is 21.2 Å². The maximum absolute atomic E-state index is 5.69. The summed E-state index contributed by atoms with van der Waals surface area (Å²) in [4.78, 5) is 4.52. The van der Waals surface area contributed by atoms with Gasteiger partial charge in [-0.15, -0.1) is 11.3 Å². The normalized spacial score (nSPS) is 10.7. The van der Waals surface area contributed by atoms with Gasteiger partial charge in [0.05, 0.1) is 10.2 Å². The predicted octanol–water partition coefficient (Wildman–Crippen LogP) is 5.10. The molecule has 1 aromatic heterocycles.